The van der Waals surface area contributed by atoms with Gasteiger partial charge in [-0.15, -0.1) is 0 Å². The van der Waals surface area contributed by atoms with E-state index in [1.807, 2.05) is 0 Å². The number of anilines is 3. The van der Waals surface area contributed by atoms with Crippen LogP contribution < -0.4 is 15.5 Å². The monoisotopic (exact) mass is 516 g/mol. The van der Waals surface area contributed by atoms with Gasteiger partial charge in [-0.05, 0) is 61.7 Å². The van der Waals surface area contributed by atoms with E-state index in [1.54, 1.807) is 30.3 Å². The number of rotatable bonds is 5. The second-order valence-electron chi connectivity index (χ2n) is 8.65. The molecule has 2 fully saturated rings. The Kier molecular flexibility index (Phi) is 7.73. The number of hydrogen-bond acceptors (Lipinski definition) is 5. The molecule has 2 heterocycles. The van der Waals surface area contributed by atoms with Crippen molar-refractivity contribution in [2.75, 3.05) is 35.7 Å². The summed E-state index contributed by atoms with van der Waals surface area (Å²) in [7, 11) is 1.20. The maximum atomic E-state index is 14.9. The van der Waals surface area contributed by atoms with Crippen molar-refractivity contribution in [2.45, 2.75) is 31.7 Å². The van der Waals surface area contributed by atoms with Crippen LogP contribution in [0.3, 0.4) is 0 Å². The topological polar surface area (TPSA) is 108 Å². The molecule has 2 unspecified atom stereocenters. The largest absolute Gasteiger partial charge is 0.469 e. The molecule has 2 saturated heterocycles. The average Bonchev–Trinajstić information content (AvgIpc) is 3.32. The van der Waals surface area contributed by atoms with Gasteiger partial charge < -0.3 is 25.2 Å². The fraction of sp³-hybridized carbons (Fsp3) is 0.360. The predicted octanol–water partition coefficient (Wildman–Crippen LogP) is 4.03. The van der Waals surface area contributed by atoms with Crippen molar-refractivity contribution in [1.82, 2.24) is 4.90 Å². The zero-order valence-electron chi connectivity index (χ0n) is 19.6. The number of amides is 4. The fourth-order valence-electron chi connectivity index (χ4n) is 4.53. The number of carbonyl (C=O) groups excluding carboxylic acids is 4. The van der Waals surface area contributed by atoms with Gasteiger partial charge in [0.2, 0.25) is 11.8 Å². The summed E-state index contributed by atoms with van der Waals surface area (Å²) in [6.07, 6.45) is 2.25. The van der Waals surface area contributed by atoms with E-state index in [2.05, 4.69) is 10.6 Å². The molecular formula is C25H26ClFN4O5. The van der Waals surface area contributed by atoms with Crippen LogP contribution in [-0.2, 0) is 19.1 Å². The van der Waals surface area contributed by atoms with E-state index >= 15 is 0 Å². The minimum absolute atomic E-state index is 0.0772. The van der Waals surface area contributed by atoms with Crippen LogP contribution in [0.15, 0.2) is 42.5 Å². The highest BCUT2D eigenvalue weighted by Gasteiger charge is 2.46. The molecule has 2 aliphatic rings. The van der Waals surface area contributed by atoms with Crippen molar-refractivity contribution in [3.05, 3.63) is 53.3 Å². The lowest BCUT2D eigenvalue weighted by atomic mass is 9.99. The predicted molar refractivity (Wildman–Crippen MR) is 132 cm³/mol. The second kappa shape index (κ2) is 10.9. The molecule has 4 amide bonds. The van der Waals surface area contributed by atoms with Crippen LogP contribution in [0.1, 0.15) is 25.7 Å². The van der Waals surface area contributed by atoms with Crippen LogP contribution in [0.25, 0.3) is 0 Å². The molecule has 2 N–H and O–H groups in total. The Morgan fingerprint density at radius 3 is 2.47 bits per heavy atom. The number of esters is 1. The minimum Gasteiger partial charge on any atom is -0.469 e. The van der Waals surface area contributed by atoms with Crippen molar-refractivity contribution in [1.29, 1.82) is 0 Å². The van der Waals surface area contributed by atoms with Gasteiger partial charge in [-0.3, -0.25) is 14.4 Å². The number of ether oxygens (including phenoxy) is 1. The lowest BCUT2D eigenvalue weighted by molar-refractivity contribution is -0.147. The maximum Gasteiger partial charge on any atom is 0.322 e. The molecule has 190 valence electrons. The lowest BCUT2D eigenvalue weighted by Gasteiger charge is -2.28. The first-order valence-corrected chi connectivity index (χ1v) is 12.0. The van der Waals surface area contributed by atoms with E-state index in [0.717, 1.165) is 12.8 Å². The standard InChI is InChI=1S/C25H26ClFN4O5/c1-36-24(34)18-11-13-31(25(35)28-16-7-5-15(26)6-8-16)22(18)23(33)29-20-10-9-17(14-19(20)27)30-12-3-2-4-21(30)32/h5-10,14,18,22H,2-4,11-13H2,1H3,(H,28,35)(H,29,33). The fourth-order valence-corrected chi connectivity index (χ4v) is 4.66. The van der Waals surface area contributed by atoms with Gasteiger partial charge in [-0.25, -0.2) is 9.18 Å². The number of methoxy groups -OCH3 is 1. The molecule has 0 radical (unpaired) electrons. The van der Waals surface area contributed by atoms with Crippen molar-refractivity contribution in [3.63, 3.8) is 0 Å². The molecule has 2 atom stereocenters. The number of nitrogens with one attached hydrogen (secondary N) is 2. The van der Waals surface area contributed by atoms with Crippen molar-refractivity contribution < 1.29 is 28.3 Å². The van der Waals surface area contributed by atoms with E-state index in [1.165, 1.54) is 29.0 Å². The van der Waals surface area contributed by atoms with Crippen LogP contribution in [0.5, 0.6) is 0 Å². The number of nitrogens with zero attached hydrogens (tertiary/aromatic N) is 2. The van der Waals surface area contributed by atoms with Gasteiger partial charge in [0.15, 0.2) is 0 Å². The highest BCUT2D eigenvalue weighted by Crippen LogP contribution is 2.30. The Bertz CT molecular complexity index is 1180. The van der Waals surface area contributed by atoms with E-state index in [9.17, 15) is 23.6 Å². The average molecular weight is 517 g/mol. The second-order valence-corrected chi connectivity index (χ2v) is 9.09. The first-order valence-electron chi connectivity index (χ1n) is 11.6. The summed E-state index contributed by atoms with van der Waals surface area (Å²) in [5, 5.41) is 5.67. The van der Waals surface area contributed by atoms with E-state index in [0.29, 0.717) is 29.4 Å². The number of urea groups is 1. The molecule has 9 nitrogen and oxygen atoms in total. The van der Waals surface area contributed by atoms with Gasteiger partial charge >= 0.3 is 12.0 Å². The molecule has 0 saturated carbocycles. The van der Waals surface area contributed by atoms with Crippen LogP contribution >= 0.6 is 11.6 Å². The maximum absolute atomic E-state index is 14.9. The van der Waals surface area contributed by atoms with E-state index < -0.39 is 35.7 Å². The number of hydrogen-bond donors (Lipinski definition) is 2. The first kappa shape index (κ1) is 25.4. The molecule has 2 aliphatic heterocycles. The number of likely N-dealkylation sites (tertiary alicyclic amines) is 1. The molecule has 2 aromatic carbocycles. The molecule has 0 bridgehead atoms. The van der Waals surface area contributed by atoms with Crippen LogP contribution in [0.4, 0.5) is 26.2 Å². The Balaban J connectivity index is 1.52. The number of carbonyl (C=O) groups is 4. The van der Waals surface area contributed by atoms with E-state index in [-0.39, 0.29) is 24.6 Å². The van der Waals surface area contributed by atoms with Crippen molar-refractivity contribution >= 4 is 52.5 Å². The molecular weight excluding hydrogens is 491 g/mol. The molecule has 2 aromatic rings. The van der Waals surface area contributed by atoms with Crippen molar-refractivity contribution in [3.8, 4) is 0 Å². The van der Waals surface area contributed by atoms with Gasteiger partial charge in [0.05, 0.1) is 18.7 Å². The normalized spacial score (nSPS) is 19.7. The third kappa shape index (κ3) is 5.43. The summed E-state index contributed by atoms with van der Waals surface area (Å²) in [6.45, 7) is 0.625. The molecule has 0 aromatic heterocycles. The molecule has 11 heteroatoms. The van der Waals surface area contributed by atoms with Gasteiger partial charge in [-0.2, -0.15) is 0 Å². The van der Waals surface area contributed by atoms with Gasteiger partial charge in [-0.1, -0.05) is 11.6 Å². The number of piperidine rings is 1. The highest BCUT2D eigenvalue weighted by atomic mass is 35.5. The highest BCUT2D eigenvalue weighted by molar-refractivity contribution is 6.30. The third-order valence-corrected chi connectivity index (χ3v) is 6.62. The summed E-state index contributed by atoms with van der Waals surface area (Å²) < 4.78 is 19.8. The smallest absolute Gasteiger partial charge is 0.322 e. The van der Waals surface area contributed by atoms with Crippen molar-refractivity contribution in [2.24, 2.45) is 5.92 Å². The minimum atomic E-state index is -1.22. The van der Waals surface area contributed by atoms with Crippen LogP contribution in [-0.4, -0.2) is 55.0 Å². The SMILES string of the molecule is COC(=O)C1CCN(C(=O)Nc2ccc(Cl)cc2)C1C(=O)Nc1ccc(N2CCCCC2=O)cc1F. The lowest BCUT2D eigenvalue weighted by Crippen LogP contribution is -2.49. The molecule has 36 heavy (non-hydrogen) atoms. The van der Waals surface area contributed by atoms with Gasteiger partial charge in [0, 0.05) is 35.9 Å². The summed E-state index contributed by atoms with van der Waals surface area (Å²) >= 11 is 5.88. The quantitative estimate of drug-likeness (QED) is 0.583. The zero-order valence-corrected chi connectivity index (χ0v) is 20.4. The van der Waals surface area contributed by atoms with Crippen LogP contribution in [0, 0.1) is 11.7 Å². The Morgan fingerprint density at radius 1 is 1.06 bits per heavy atom. The Morgan fingerprint density at radius 2 is 1.81 bits per heavy atom. The molecule has 0 aliphatic carbocycles. The zero-order chi connectivity index (χ0) is 25.8. The summed E-state index contributed by atoms with van der Waals surface area (Å²) in [6, 6.07) is 8.72. The van der Waals surface area contributed by atoms with E-state index in [4.69, 9.17) is 16.3 Å². The Labute approximate surface area is 212 Å². The summed E-state index contributed by atoms with van der Waals surface area (Å²) in [5.74, 6) is -3.10. The van der Waals surface area contributed by atoms with Gasteiger partial charge in [0.25, 0.3) is 0 Å². The third-order valence-electron chi connectivity index (χ3n) is 6.37. The van der Waals surface area contributed by atoms with Crippen LogP contribution in [0.2, 0.25) is 5.02 Å². The Hall–Kier alpha value is -3.66. The molecule has 0 spiro atoms. The first-order chi connectivity index (χ1) is 17.3. The number of halogens is 2. The number of benzene rings is 2. The summed E-state index contributed by atoms with van der Waals surface area (Å²) in [5.41, 5.74) is 0.744. The molecule has 4 rings (SSSR count). The van der Waals surface area contributed by atoms with Gasteiger partial charge in [0.1, 0.15) is 11.9 Å². The summed E-state index contributed by atoms with van der Waals surface area (Å²) in [4.78, 5) is 53.5.